The first-order valence-electron chi connectivity index (χ1n) is 5.35. The van der Waals surface area contributed by atoms with Crippen molar-refractivity contribution in [3.63, 3.8) is 0 Å². The predicted octanol–water partition coefficient (Wildman–Crippen LogP) is 1.53. The van der Waals surface area contributed by atoms with Gasteiger partial charge in [0, 0.05) is 0 Å². The summed E-state index contributed by atoms with van der Waals surface area (Å²) in [5.74, 6) is -1.24. The Morgan fingerprint density at radius 1 is 1.38 bits per heavy atom. The Morgan fingerprint density at radius 2 is 2.06 bits per heavy atom. The number of hydrogen-bond donors (Lipinski definition) is 2. The van der Waals surface area contributed by atoms with Crippen molar-refractivity contribution in [3.8, 4) is 0 Å². The number of nitrogens with one attached hydrogen (secondary N) is 1. The minimum absolute atomic E-state index is 0.378. The van der Waals surface area contributed by atoms with E-state index in [1.54, 1.807) is 12.1 Å². The molecule has 0 atom stereocenters. The SMILES string of the molecule is O=C(O)C1(c2cccc(F)c2)CCNCC1. The zero-order valence-corrected chi connectivity index (χ0v) is 8.87. The second kappa shape index (κ2) is 4.22. The quantitative estimate of drug-likeness (QED) is 0.799. The van der Waals surface area contributed by atoms with Gasteiger partial charge in [-0.3, -0.25) is 4.79 Å². The first-order valence-corrected chi connectivity index (χ1v) is 5.35. The van der Waals surface area contributed by atoms with E-state index >= 15 is 0 Å². The zero-order chi connectivity index (χ0) is 11.6. The Hall–Kier alpha value is -1.42. The molecule has 3 nitrogen and oxygen atoms in total. The Balaban J connectivity index is 2.42. The van der Waals surface area contributed by atoms with Crippen LogP contribution in [0.2, 0.25) is 0 Å². The predicted molar refractivity (Wildman–Crippen MR) is 57.8 cm³/mol. The summed E-state index contributed by atoms with van der Waals surface area (Å²) in [5.41, 5.74) is -0.352. The van der Waals surface area contributed by atoms with Crippen molar-refractivity contribution in [1.29, 1.82) is 0 Å². The maximum atomic E-state index is 13.1. The summed E-state index contributed by atoms with van der Waals surface area (Å²) in [6.07, 6.45) is 1.01. The molecule has 0 unspecified atom stereocenters. The summed E-state index contributed by atoms with van der Waals surface area (Å²) >= 11 is 0. The molecule has 0 spiro atoms. The van der Waals surface area contributed by atoms with Crippen LogP contribution in [-0.2, 0) is 10.2 Å². The van der Waals surface area contributed by atoms with Gasteiger partial charge in [0.05, 0.1) is 5.41 Å². The lowest BCUT2D eigenvalue weighted by molar-refractivity contribution is -0.145. The molecule has 1 saturated heterocycles. The van der Waals surface area contributed by atoms with Crippen molar-refractivity contribution in [2.45, 2.75) is 18.3 Å². The number of carbonyl (C=O) groups is 1. The van der Waals surface area contributed by atoms with Crippen molar-refractivity contribution in [2.75, 3.05) is 13.1 Å². The maximum Gasteiger partial charge on any atom is 0.314 e. The number of piperidine rings is 1. The normalized spacial score (nSPS) is 19.3. The minimum Gasteiger partial charge on any atom is -0.481 e. The van der Waals surface area contributed by atoms with Crippen LogP contribution in [0.4, 0.5) is 4.39 Å². The van der Waals surface area contributed by atoms with E-state index in [-0.39, 0.29) is 5.82 Å². The van der Waals surface area contributed by atoms with Crippen LogP contribution in [0.15, 0.2) is 24.3 Å². The number of benzene rings is 1. The van der Waals surface area contributed by atoms with Crippen molar-refractivity contribution in [1.82, 2.24) is 5.32 Å². The van der Waals surface area contributed by atoms with Crippen molar-refractivity contribution in [3.05, 3.63) is 35.6 Å². The summed E-state index contributed by atoms with van der Waals surface area (Å²) in [6, 6.07) is 5.93. The number of carboxylic acid groups (broad SMARTS) is 1. The molecule has 1 fully saturated rings. The Morgan fingerprint density at radius 3 is 2.62 bits per heavy atom. The average molecular weight is 223 g/mol. The fourth-order valence-corrected chi connectivity index (χ4v) is 2.27. The smallest absolute Gasteiger partial charge is 0.314 e. The van der Waals surface area contributed by atoms with Crippen LogP contribution in [0.1, 0.15) is 18.4 Å². The highest BCUT2D eigenvalue weighted by Crippen LogP contribution is 2.34. The number of rotatable bonds is 2. The van der Waals surface area contributed by atoms with Crippen LogP contribution in [0.3, 0.4) is 0 Å². The van der Waals surface area contributed by atoms with Crippen LogP contribution in [-0.4, -0.2) is 24.2 Å². The fraction of sp³-hybridized carbons (Fsp3) is 0.417. The molecule has 16 heavy (non-hydrogen) atoms. The largest absolute Gasteiger partial charge is 0.481 e. The molecule has 1 aliphatic rings. The van der Waals surface area contributed by atoms with Gasteiger partial charge in [-0.1, -0.05) is 12.1 Å². The second-order valence-electron chi connectivity index (χ2n) is 4.15. The van der Waals surface area contributed by atoms with Crippen LogP contribution < -0.4 is 5.32 Å². The number of hydrogen-bond acceptors (Lipinski definition) is 2. The molecule has 0 bridgehead atoms. The molecule has 1 aliphatic heterocycles. The molecule has 2 N–H and O–H groups in total. The molecule has 2 rings (SSSR count). The van der Waals surface area contributed by atoms with Gasteiger partial charge in [0.1, 0.15) is 5.82 Å². The molecule has 0 saturated carbocycles. The molecule has 0 aliphatic carbocycles. The standard InChI is InChI=1S/C12H14FNO2/c13-10-3-1-2-9(8-10)12(11(15)16)4-6-14-7-5-12/h1-3,8,14H,4-7H2,(H,15,16). The summed E-state index contributed by atoms with van der Waals surface area (Å²) in [5, 5.41) is 12.5. The lowest BCUT2D eigenvalue weighted by Crippen LogP contribution is -2.45. The van der Waals surface area contributed by atoms with Gasteiger partial charge in [-0.25, -0.2) is 4.39 Å². The van der Waals surface area contributed by atoms with Gasteiger partial charge in [-0.2, -0.15) is 0 Å². The molecule has 0 aromatic heterocycles. The van der Waals surface area contributed by atoms with E-state index in [0.717, 1.165) is 0 Å². The van der Waals surface area contributed by atoms with Crippen molar-refractivity contribution < 1.29 is 14.3 Å². The van der Waals surface area contributed by atoms with E-state index in [2.05, 4.69) is 5.32 Å². The third-order valence-electron chi connectivity index (χ3n) is 3.24. The Bertz CT molecular complexity index is 400. The number of aliphatic carboxylic acids is 1. The summed E-state index contributed by atoms with van der Waals surface area (Å²) in [6.45, 7) is 1.31. The first kappa shape index (κ1) is 11.1. The van der Waals surface area contributed by atoms with Gasteiger partial charge in [-0.15, -0.1) is 0 Å². The van der Waals surface area contributed by atoms with Crippen molar-refractivity contribution in [2.24, 2.45) is 0 Å². The molecule has 1 heterocycles. The van der Waals surface area contributed by atoms with Crippen LogP contribution in [0.25, 0.3) is 0 Å². The van der Waals surface area contributed by atoms with Crippen LogP contribution in [0, 0.1) is 5.82 Å². The summed E-state index contributed by atoms with van der Waals surface area (Å²) in [4.78, 5) is 11.4. The van der Waals surface area contributed by atoms with E-state index < -0.39 is 11.4 Å². The number of halogens is 1. The third kappa shape index (κ3) is 1.80. The Kier molecular flexibility index (Phi) is 2.92. The second-order valence-corrected chi connectivity index (χ2v) is 4.15. The monoisotopic (exact) mass is 223 g/mol. The molecule has 1 aromatic rings. The van der Waals surface area contributed by atoms with Gasteiger partial charge >= 0.3 is 5.97 Å². The Labute approximate surface area is 93.3 Å². The lowest BCUT2D eigenvalue weighted by atomic mass is 9.73. The molecule has 86 valence electrons. The van der Waals surface area contributed by atoms with Gasteiger partial charge in [0.25, 0.3) is 0 Å². The van der Waals surface area contributed by atoms with Crippen LogP contribution in [0.5, 0.6) is 0 Å². The molecule has 0 radical (unpaired) electrons. The molecular weight excluding hydrogens is 209 g/mol. The third-order valence-corrected chi connectivity index (χ3v) is 3.24. The fourth-order valence-electron chi connectivity index (χ4n) is 2.27. The van der Waals surface area contributed by atoms with Gasteiger partial charge in [0.15, 0.2) is 0 Å². The minimum atomic E-state index is -0.923. The number of carboxylic acids is 1. The average Bonchev–Trinajstić information content (AvgIpc) is 2.30. The van der Waals surface area contributed by atoms with E-state index in [1.165, 1.54) is 12.1 Å². The van der Waals surface area contributed by atoms with E-state index in [4.69, 9.17) is 0 Å². The van der Waals surface area contributed by atoms with Gasteiger partial charge < -0.3 is 10.4 Å². The highest BCUT2D eigenvalue weighted by atomic mass is 19.1. The van der Waals surface area contributed by atoms with E-state index in [1.807, 2.05) is 0 Å². The van der Waals surface area contributed by atoms with Gasteiger partial charge in [0.2, 0.25) is 0 Å². The van der Waals surface area contributed by atoms with Crippen LogP contribution >= 0.6 is 0 Å². The van der Waals surface area contributed by atoms with E-state index in [0.29, 0.717) is 31.5 Å². The molecular formula is C12H14FNO2. The molecule has 4 heteroatoms. The maximum absolute atomic E-state index is 13.1. The first-order chi connectivity index (χ1) is 7.65. The zero-order valence-electron chi connectivity index (χ0n) is 8.87. The van der Waals surface area contributed by atoms with Gasteiger partial charge in [-0.05, 0) is 43.6 Å². The summed E-state index contributed by atoms with van der Waals surface area (Å²) < 4.78 is 13.1. The lowest BCUT2D eigenvalue weighted by Gasteiger charge is -2.34. The van der Waals surface area contributed by atoms with E-state index in [9.17, 15) is 14.3 Å². The molecule has 0 amide bonds. The molecule has 1 aromatic carbocycles. The van der Waals surface area contributed by atoms with Crippen molar-refractivity contribution >= 4 is 5.97 Å². The topological polar surface area (TPSA) is 49.3 Å². The highest BCUT2D eigenvalue weighted by Gasteiger charge is 2.41. The highest BCUT2D eigenvalue weighted by molar-refractivity contribution is 5.81. The summed E-state index contributed by atoms with van der Waals surface area (Å²) in [7, 11) is 0.